The number of nitrogens with two attached hydrogens (primary N) is 1. The van der Waals surface area contributed by atoms with Gasteiger partial charge in [0.15, 0.2) is 11.6 Å². The Morgan fingerprint density at radius 1 is 1.23 bits per heavy atom. The van der Waals surface area contributed by atoms with Crippen molar-refractivity contribution in [1.82, 2.24) is 14.5 Å². The van der Waals surface area contributed by atoms with Gasteiger partial charge in [-0.3, -0.25) is 9.36 Å². The lowest BCUT2D eigenvalue weighted by Crippen LogP contribution is -2.55. The third kappa shape index (κ3) is 4.53. The van der Waals surface area contributed by atoms with Gasteiger partial charge in [-0.1, -0.05) is 6.07 Å². The van der Waals surface area contributed by atoms with Crippen LogP contribution in [0, 0.1) is 11.6 Å². The van der Waals surface area contributed by atoms with E-state index in [1.807, 2.05) is 13.8 Å². The molecule has 3 heterocycles. The van der Waals surface area contributed by atoms with Crippen LogP contribution in [-0.4, -0.2) is 51.6 Å². The van der Waals surface area contributed by atoms with E-state index >= 15 is 0 Å². The fourth-order valence-electron chi connectivity index (χ4n) is 4.00. The number of benzene rings is 1. The molecule has 1 unspecified atom stereocenters. The number of halogens is 2. The highest BCUT2D eigenvalue weighted by molar-refractivity contribution is 5.77. The maximum atomic E-state index is 13.4. The molecule has 1 atom stereocenters. The molecule has 0 radical (unpaired) electrons. The molecule has 4 rings (SSSR count). The number of carbonyl (C=O) groups is 1. The third-order valence-corrected chi connectivity index (χ3v) is 5.47. The monoisotopic (exact) mass is 433 g/mol. The number of hydrogen-bond acceptors (Lipinski definition) is 6. The minimum Gasteiger partial charge on any atom is -0.473 e. The molecule has 2 aliphatic rings. The molecule has 1 aromatic heterocycles. The first-order chi connectivity index (χ1) is 14.6. The van der Waals surface area contributed by atoms with E-state index in [9.17, 15) is 18.4 Å². The van der Waals surface area contributed by atoms with E-state index < -0.39 is 22.9 Å². The zero-order valence-corrected chi connectivity index (χ0v) is 17.5. The van der Waals surface area contributed by atoms with Gasteiger partial charge in [0.05, 0.1) is 12.6 Å². The lowest BCUT2D eigenvalue weighted by Gasteiger charge is -2.39. The topological polar surface area (TPSA) is 93.7 Å². The normalized spacial score (nSPS) is 18.0. The Hall–Kier alpha value is -3.01. The summed E-state index contributed by atoms with van der Waals surface area (Å²) in [5, 5.41) is 0. The Balaban J connectivity index is 1.46. The maximum Gasteiger partial charge on any atom is 0.352 e. The second-order valence-corrected chi connectivity index (χ2v) is 8.74. The zero-order chi connectivity index (χ0) is 22.3. The van der Waals surface area contributed by atoms with Crippen LogP contribution in [0.5, 0.6) is 5.88 Å². The van der Waals surface area contributed by atoms with E-state index in [4.69, 9.17) is 10.5 Å². The molecule has 1 saturated heterocycles. The van der Waals surface area contributed by atoms with Crippen molar-refractivity contribution in [2.45, 2.75) is 45.0 Å². The molecule has 1 fully saturated rings. The fourth-order valence-corrected chi connectivity index (χ4v) is 4.00. The summed E-state index contributed by atoms with van der Waals surface area (Å²) in [6, 6.07) is 5.12. The van der Waals surface area contributed by atoms with Crippen LogP contribution in [0.25, 0.3) is 0 Å². The fraction of sp³-hybridized carbons (Fsp3) is 0.476. The summed E-state index contributed by atoms with van der Waals surface area (Å²) in [4.78, 5) is 32.9. The Morgan fingerprint density at radius 2 is 2.00 bits per heavy atom. The van der Waals surface area contributed by atoms with Gasteiger partial charge in [0.25, 0.3) is 0 Å². The first-order valence-corrected chi connectivity index (χ1v) is 10.1. The lowest BCUT2D eigenvalue weighted by atomic mass is 10.0. The summed E-state index contributed by atoms with van der Waals surface area (Å²) in [6.07, 6.45) is 0.260. The Kier molecular flexibility index (Phi) is 5.42. The number of carbonyl (C=O) groups excluding carboxylic acids is 1. The van der Waals surface area contributed by atoms with Crippen LogP contribution in [-0.2, 0) is 17.9 Å². The van der Waals surface area contributed by atoms with Crippen molar-refractivity contribution in [3.05, 3.63) is 51.9 Å². The van der Waals surface area contributed by atoms with Crippen molar-refractivity contribution in [1.29, 1.82) is 0 Å². The minimum atomic E-state index is -0.962. The average molecular weight is 433 g/mol. The highest BCUT2D eigenvalue weighted by Gasteiger charge is 2.37. The Bertz CT molecular complexity index is 1070. The lowest BCUT2D eigenvalue weighted by molar-refractivity contribution is -0.133. The predicted molar refractivity (Wildman–Crippen MR) is 110 cm³/mol. The van der Waals surface area contributed by atoms with Gasteiger partial charge in [0.1, 0.15) is 12.4 Å². The van der Waals surface area contributed by atoms with Crippen LogP contribution in [0.4, 0.5) is 14.6 Å². The summed E-state index contributed by atoms with van der Waals surface area (Å²) in [5.41, 5.74) is 5.37. The quantitative estimate of drug-likeness (QED) is 0.763. The molecule has 2 aliphatic heterocycles. The molecule has 166 valence electrons. The van der Waals surface area contributed by atoms with Crippen molar-refractivity contribution in [3.8, 4) is 5.88 Å². The zero-order valence-electron chi connectivity index (χ0n) is 17.5. The number of anilines is 1. The second-order valence-electron chi connectivity index (χ2n) is 8.74. The highest BCUT2D eigenvalue weighted by Crippen LogP contribution is 2.29. The Morgan fingerprint density at radius 3 is 2.71 bits per heavy atom. The molecule has 1 aromatic carbocycles. The molecule has 0 bridgehead atoms. The molecule has 2 aromatic rings. The van der Waals surface area contributed by atoms with Crippen molar-refractivity contribution >= 4 is 11.7 Å². The van der Waals surface area contributed by atoms with E-state index in [2.05, 4.69) is 9.88 Å². The molecule has 1 amide bonds. The standard InChI is InChI=1S/C21H25F2N5O3/c1-21(2,24)9-19(29)26-5-6-27-14(10-26)11-28-18(27)8-17(25-20(28)30)31-12-13-3-4-15(22)16(23)7-13/h3-4,7-8,14H,5-6,9-12,24H2,1-2H3. The van der Waals surface area contributed by atoms with Crippen LogP contribution in [0.1, 0.15) is 25.8 Å². The van der Waals surface area contributed by atoms with E-state index in [-0.39, 0.29) is 30.9 Å². The van der Waals surface area contributed by atoms with Crippen LogP contribution in [0.3, 0.4) is 0 Å². The third-order valence-electron chi connectivity index (χ3n) is 5.47. The molecule has 0 spiro atoms. The van der Waals surface area contributed by atoms with Crippen LogP contribution >= 0.6 is 0 Å². The molecule has 0 saturated carbocycles. The summed E-state index contributed by atoms with van der Waals surface area (Å²) >= 11 is 0. The van der Waals surface area contributed by atoms with Gasteiger partial charge >= 0.3 is 5.69 Å². The number of nitrogens with zero attached hydrogens (tertiary/aromatic N) is 4. The maximum absolute atomic E-state index is 13.4. The SMILES string of the molecule is CC(C)(N)CC(=O)N1CCN2c3cc(OCc4ccc(F)c(F)c4)nc(=O)n3CC2C1. The van der Waals surface area contributed by atoms with Crippen molar-refractivity contribution in [2.24, 2.45) is 5.73 Å². The van der Waals surface area contributed by atoms with Gasteiger partial charge in [-0.15, -0.1) is 0 Å². The molecular weight excluding hydrogens is 408 g/mol. The van der Waals surface area contributed by atoms with Crippen LogP contribution < -0.4 is 21.1 Å². The van der Waals surface area contributed by atoms with E-state index in [1.54, 1.807) is 15.5 Å². The average Bonchev–Trinajstić information content (AvgIpc) is 3.06. The molecule has 2 N–H and O–H groups in total. The number of fused-ring (bicyclic) bond motifs is 3. The molecule has 8 nitrogen and oxygen atoms in total. The minimum absolute atomic E-state index is 0.00382. The number of amides is 1. The van der Waals surface area contributed by atoms with Gasteiger partial charge in [0, 0.05) is 37.7 Å². The summed E-state index contributed by atoms with van der Waals surface area (Å²) in [5.74, 6) is -1.10. The molecule has 31 heavy (non-hydrogen) atoms. The number of hydrogen-bond donors (Lipinski definition) is 1. The van der Waals surface area contributed by atoms with Gasteiger partial charge in [-0.05, 0) is 31.5 Å². The molecule has 0 aliphatic carbocycles. The second kappa shape index (κ2) is 7.92. The van der Waals surface area contributed by atoms with Crippen molar-refractivity contribution in [2.75, 3.05) is 24.5 Å². The number of rotatable bonds is 5. The molecule has 10 heteroatoms. The summed E-state index contributed by atoms with van der Waals surface area (Å²) in [6.45, 7) is 5.63. The van der Waals surface area contributed by atoms with E-state index in [0.717, 1.165) is 12.1 Å². The van der Waals surface area contributed by atoms with Gasteiger partial charge in [-0.25, -0.2) is 13.6 Å². The number of aromatic nitrogens is 2. The van der Waals surface area contributed by atoms with Crippen molar-refractivity contribution < 1.29 is 18.3 Å². The van der Waals surface area contributed by atoms with Crippen LogP contribution in [0.15, 0.2) is 29.1 Å². The number of piperazine rings is 1. The molecular formula is C21H25F2N5O3. The summed E-state index contributed by atoms with van der Waals surface area (Å²) in [7, 11) is 0. The number of ether oxygens (including phenoxy) is 1. The first kappa shape index (κ1) is 21.2. The van der Waals surface area contributed by atoms with Crippen LogP contribution in [0.2, 0.25) is 0 Å². The predicted octanol–water partition coefficient (Wildman–Crippen LogP) is 1.26. The Labute approximate surface area is 178 Å². The van der Waals surface area contributed by atoms with Crippen molar-refractivity contribution in [3.63, 3.8) is 0 Å². The summed E-state index contributed by atoms with van der Waals surface area (Å²) < 4.78 is 33.6. The first-order valence-electron chi connectivity index (χ1n) is 10.1. The highest BCUT2D eigenvalue weighted by atomic mass is 19.2. The van der Waals surface area contributed by atoms with Gasteiger partial charge in [0.2, 0.25) is 11.8 Å². The van der Waals surface area contributed by atoms with Gasteiger partial charge in [-0.2, -0.15) is 4.98 Å². The smallest absolute Gasteiger partial charge is 0.352 e. The largest absolute Gasteiger partial charge is 0.473 e. The van der Waals surface area contributed by atoms with Gasteiger partial charge < -0.3 is 20.3 Å². The van der Waals surface area contributed by atoms with E-state index in [0.29, 0.717) is 37.6 Å². The van der Waals surface area contributed by atoms with E-state index in [1.165, 1.54) is 6.07 Å².